The van der Waals surface area contributed by atoms with Crippen LogP contribution in [0.3, 0.4) is 0 Å². The monoisotopic (exact) mass is 557 g/mol. The van der Waals surface area contributed by atoms with Crippen molar-refractivity contribution in [3.05, 3.63) is 88.4 Å². The Kier molecular flexibility index (Phi) is 6.53. The predicted octanol–water partition coefficient (Wildman–Crippen LogP) is 6.94. The maximum absolute atomic E-state index is 13.3. The van der Waals surface area contributed by atoms with Crippen molar-refractivity contribution in [1.82, 2.24) is 9.88 Å². The van der Waals surface area contributed by atoms with Gasteiger partial charge in [-0.1, -0.05) is 12.1 Å². The average molecular weight is 558 g/mol. The average Bonchev–Trinajstić information content (AvgIpc) is 3.32. The summed E-state index contributed by atoms with van der Waals surface area (Å²) in [7, 11) is 0. The fourth-order valence-electron chi connectivity index (χ4n) is 5.87. The zero-order valence-electron chi connectivity index (χ0n) is 22.1. The van der Waals surface area contributed by atoms with E-state index in [0.29, 0.717) is 37.3 Å². The van der Waals surface area contributed by atoms with Crippen LogP contribution in [0, 0.1) is 12.3 Å². The van der Waals surface area contributed by atoms with E-state index in [4.69, 9.17) is 5.73 Å². The number of allylic oxidation sites excluding steroid dienone is 1. The molecule has 1 saturated carbocycles. The summed E-state index contributed by atoms with van der Waals surface area (Å²) in [5.74, 6) is -2.16. The molecule has 1 amide bonds. The van der Waals surface area contributed by atoms with Gasteiger partial charge in [0.05, 0.1) is 0 Å². The number of hydrogen-bond acceptors (Lipinski definition) is 5. The SMILES string of the molecule is Cc1cc(-c2ccc(C(=O)N3CC4(C3)CC(F)(F)C4)cc2)cc2cc(CCC(=O)/C=C/c3ccc(N)nc3)sc12. The molecule has 204 valence electrons. The molecule has 8 heteroatoms. The van der Waals surface area contributed by atoms with Crippen molar-refractivity contribution >= 4 is 45.0 Å². The second kappa shape index (κ2) is 9.93. The molecule has 40 heavy (non-hydrogen) atoms. The van der Waals surface area contributed by atoms with E-state index >= 15 is 0 Å². The number of aryl methyl sites for hydroxylation is 2. The number of anilines is 1. The minimum atomic E-state index is -2.56. The Morgan fingerprint density at radius 3 is 2.48 bits per heavy atom. The third-order valence-corrected chi connectivity index (χ3v) is 9.16. The molecule has 5 nitrogen and oxygen atoms in total. The molecular weight excluding hydrogens is 528 g/mol. The smallest absolute Gasteiger partial charge is 0.253 e. The van der Waals surface area contributed by atoms with E-state index in [1.165, 1.54) is 4.70 Å². The van der Waals surface area contributed by atoms with Crippen molar-refractivity contribution in [1.29, 1.82) is 0 Å². The number of carbonyl (C=O) groups is 2. The van der Waals surface area contributed by atoms with Crippen LogP contribution in [0.5, 0.6) is 0 Å². The number of nitrogen functional groups attached to an aromatic ring is 1. The van der Waals surface area contributed by atoms with E-state index in [9.17, 15) is 18.4 Å². The number of carbonyl (C=O) groups excluding carboxylic acids is 2. The molecule has 0 bridgehead atoms. The summed E-state index contributed by atoms with van der Waals surface area (Å²) < 4.78 is 27.8. The Bertz CT molecular complexity index is 1630. The van der Waals surface area contributed by atoms with Crippen molar-refractivity contribution in [2.45, 2.75) is 38.5 Å². The lowest BCUT2D eigenvalue weighted by Crippen LogP contribution is -2.66. The minimum absolute atomic E-state index is 0.0559. The number of hydrogen-bond donors (Lipinski definition) is 1. The van der Waals surface area contributed by atoms with Gasteiger partial charge >= 0.3 is 0 Å². The highest BCUT2D eigenvalue weighted by Crippen LogP contribution is 2.56. The topological polar surface area (TPSA) is 76.3 Å². The first-order valence-electron chi connectivity index (χ1n) is 13.3. The molecular formula is C32H29F2N3O2S. The number of likely N-dealkylation sites (tertiary alicyclic amines) is 1. The quantitative estimate of drug-likeness (QED) is 0.250. The third-order valence-electron chi connectivity index (χ3n) is 7.81. The van der Waals surface area contributed by atoms with Crippen LogP contribution in [0.15, 0.2) is 66.9 Å². The molecule has 1 saturated heterocycles. The zero-order valence-corrected chi connectivity index (χ0v) is 22.9. The molecule has 4 aromatic rings. The second-order valence-electron chi connectivity index (χ2n) is 11.2. The summed E-state index contributed by atoms with van der Waals surface area (Å²) in [6, 6.07) is 17.5. The molecule has 2 fully saturated rings. The molecule has 1 aliphatic carbocycles. The molecule has 0 unspecified atom stereocenters. The first-order valence-corrected chi connectivity index (χ1v) is 14.1. The second-order valence-corrected chi connectivity index (χ2v) is 12.3. The predicted molar refractivity (Wildman–Crippen MR) is 156 cm³/mol. The fraction of sp³-hybridized carbons (Fsp3) is 0.281. The van der Waals surface area contributed by atoms with Crippen LogP contribution in [-0.4, -0.2) is 40.6 Å². The molecule has 2 N–H and O–H groups in total. The Morgan fingerprint density at radius 1 is 1.05 bits per heavy atom. The summed E-state index contributed by atoms with van der Waals surface area (Å²) in [5, 5.41) is 1.13. The van der Waals surface area contributed by atoms with Crippen molar-refractivity contribution in [3.63, 3.8) is 0 Å². The lowest BCUT2D eigenvalue weighted by atomic mass is 9.61. The van der Waals surface area contributed by atoms with Gasteiger partial charge < -0.3 is 10.6 Å². The van der Waals surface area contributed by atoms with E-state index in [1.807, 2.05) is 30.3 Å². The number of halogens is 2. The van der Waals surface area contributed by atoms with Crippen LogP contribution in [0.25, 0.3) is 27.3 Å². The van der Waals surface area contributed by atoms with E-state index in [2.05, 4.69) is 30.1 Å². The first-order chi connectivity index (χ1) is 19.1. The fourth-order valence-corrected chi connectivity index (χ4v) is 6.98. The van der Waals surface area contributed by atoms with Crippen LogP contribution in [0.1, 0.15) is 45.6 Å². The van der Waals surface area contributed by atoms with Gasteiger partial charge in [0.15, 0.2) is 5.78 Å². The van der Waals surface area contributed by atoms with Crippen molar-refractivity contribution < 1.29 is 18.4 Å². The number of nitrogens with two attached hydrogens (primary N) is 1. The molecule has 2 aliphatic rings. The van der Waals surface area contributed by atoms with E-state index in [0.717, 1.165) is 32.5 Å². The molecule has 1 spiro atoms. The van der Waals surface area contributed by atoms with Gasteiger partial charge in [0.25, 0.3) is 5.91 Å². The Balaban J connectivity index is 1.09. The number of thiophene rings is 1. The maximum Gasteiger partial charge on any atom is 0.253 e. The van der Waals surface area contributed by atoms with Crippen LogP contribution in [0.4, 0.5) is 14.6 Å². The number of pyridine rings is 1. The lowest BCUT2D eigenvalue weighted by molar-refractivity contribution is -0.203. The van der Waals surface area contributed by atoms with E-state index in [1.54, 1.807) is 40.7 Å². The first kappa shape index (κ1) is 26.3. The number of aromatic nitrogens is 1. The van der Waals surface area contributed by atoms with Gasteiger partial charge in [-0.3, -0.25) is 9.59 Å². The molecule has 2 aromatic heterocycles. The number of benzene rings is 2. The largest absolute Gasteiger partial charge is 0.384 e. The van der Waals surface area contributed by atoms with Crippen LogP contribution in [0.2, 0.25) is 0 Å². The normalized spacial score (nSPS) is 17.2. The number of amides is 1. The number of ketones is 1. The van der Waals surface area contributed by atoms with Crippen molar-refractivity contribution in [2.75, 3.05) is 18.8 Å². The van der Waals surface area contributed by atoms with Gasteiger partial charge in [-0.15, -0.1) is 11.3 Å². The summed E-state index contributed by atoms with van der Waals surface area (Å²) in [5.41, 5.74) is 9.86. The Hall–Kier alpha value is -3.91. The highest BCUT2D eigenvalue weighted by molar-refractivity contribution is 7.19. The Labute approximate surface area is 235 Å². The third kappa shape index (κ3) is 5.28. The van der Waals surface area contributed by atoms with Gasteiger partial charge in [-0.2, -0.15) is 0 Å². The molecule has 6 rings (SSSR count). The number of nitrogens with zero attached hydrogens (tertiary/aromatic N) is 2. The number of rotatable bonds is 7. The van der Waals surface area contributed by atoms with Crippen molar-refractivity contribution in [3.8, 4) is 11.1 Å². The Morgan fingerprint density at radius 2 is 1.80 bits per heavy atom. The van der Waals surface area contributed by atoms with Gasteiger partial charge in [0.1, 0.15) is 5.82 Å². The van der Waals surface area contributed by atoms with Crippen molar-refractivity contribution in [2.24, 2.45) is 5.41 Å². The maximum atomic E-state index is 13.3. The van der Waals surface area contributed by atoms with Gasteiger partial charge in [0.2, 0.25) is 5.92 Å². The minimum Gasteiger partial charge on any atom is -0.384 e. The van der Waals surface area contributed by atoms with E-state index < -0.39 is 5.92 Å². The molecule has 3 heterocycles. The van der Waals surface area contributed by atoms with Crippen LogP contribution in [-0.2, 0) is 11.2 Å². The molecule has 1 aliphatic heterocycles. The van der Waals surface area contributed by atoms with Gasteiger partial charge in [-0.05, 0) is 95.6 Å². The number of alkyl halides is 2. The summed E-state index contributed by atoms with van der Waals surface area (Å²) >= 11 is 1.71. The highest BCUT2D eigenvalue weighted by Gasteiger charge is 2.62. The van der Waals surface area contributed by atoms with Gasteiger partial charge in [0, 0.05) is 59.1 Å². The molecule has 0 atom stereocenters. The molecule has 0 radical (unpaired) electrons. The van der Waals surface area contributed by atoms with Crippen LogP contribution >= 0.6 is 11.3 Å². The number of fused-ring (bicyclic) bond motifs is 1. The highest BCUT2D eigenvalue weighted by atomic mass is 32.1. The summed E-state index contributed by atoms with van der Waals surface area (Å²) in [4.78, 5) is 32.1. The van der Waals surface area contributed by atoms with Crippen LogP contribution < -0.4 is 5.73 Å². The van der Waals surface area contributed by atoms with E-state index in [-0.39, 0.29) is 29.9 Å². The zero-order chi connectivity index (χ0) is 28.1. The lowest BCUT2D eigenvalue weighted by Gasteiger charge is -2.58. The van der Waals surface area contributed by atoms with Gasteiger partial charge in [-0.25, -0.2) is 13.8 Å². The standard InChI is InChI=1S/C32H29F2N3O2S/c1-20-12-24(22-4-6-23(7-5-22)30(39)37-18-31(19-37)16-32(33,34)17-31)13-25-14-27(40-29(20)25)10-9-26(38)8-2-21-3-11-28(35)36-15-21/h2-8,11-15H,9-10,16-19H2,1H3,(H2,35,36)/b8-2+. The summed E-state index contributed by atoms with van der Waals surface area (Å²) in [6.07, 6.45) is 5.86. The molecule has 2 aromatic carbocycles. The summed E-state index contributed by atoms with van der Waals surface area (Å²) in [6.45, 7) is 2.92.